The summed E-state index contributed by atoms with van der Waals surface area (Å²) in [7, 11) is 0. The summed E-state index contributed by atoms with van der Waals surface area (Å²) < 4.78 is 0. The van der Waals surface area contributed by atoms with Crippen LogP contribution in [0, 0.1) is 11.8 Å². The Labute approximate surface area is 94.8 Å². The van der Waals surface area contributed by atoms with Crippen LogP contribution < -0.4 is 0 Å². The second-order valence-corrected chi connectivity index (χ2v) is 5.05. The number of hydrogen-bond donors (Lipinski definition) is 0. The van der Waals surface area contributed by atoms with E-state index >= 15 is 0 Å². The van der Waals surface area contributed by atoms with Gasteiger partial charge in [-0.3, -0.25) is 0 Å². The molecule has 1 rings (SSSR count). The van der Waals surface area contributed by atoms with Crippen molar-refractivity contribution in [2.45, 2.75) is 46.5 Å². The van der Waals surface area contributed by atoms with Gasteiger partial charge in [-0.2, -0.15) is 0 Å². The molecule has 1 aliphatic rings. The van der Waals surface area contributed by atoms with E-state index < -0.39 is 0 Å². The molecular formula is C15H24. The van der Waals surface area contributed by atoms with Crippen molar-refractivity contribution in [3.05, 3.63) is 36.0 Å². The first kappa shape index (κ1) is 12.3. The maximum Gasteiger partial charge on any atom is -0.0204 e. The van der Waals surface area contributed by atoms with E-state index in [1.54, 1.807) is 5.57 Å². The maximum absolute atomic E-state index is 4.09. The summed E-state index contributed by atoms with van der Waals surface area (Å²) in [5.41, 5.74) is 2.82. The lowest BCUT2D eigenvalue weighted by atomic mass is 9.88. The summed E-state index contributed by atoms with van der Waals surface area (Å²) in [6.07, 6.45) is 11.8. The van der Waals surface area contributed by atoms with Crippen LogP contribution in [-0.4, -0.2) is 0 Å². The monoisotopic (exact) mass is 204 g/mol. The van der Waals surface area contributed by atoms with E-state index in [4.69, 9.17) is 0 Å². The van der Waals surface area contributed by atoms with Crippen LogP contribution in [0.15, 0.2) is 36.0 Å². The normalized spacial score (nSPS) is 29.7. The average Bonchev–Trinajstić information content (AvgIpc) is 2.16. The molecule has 0 heterocycles. The molecule has 84 valence electrons. The van der Waals surface area contributed by atoms with E-state index in [0.717, 1.165) is 18.8 Å². The molecule has 0 aromatic carbocycles. The van der Waals surface area contributed by atoms with Gasteiger partial charge in [-0.15, -0.1) is 0 Å². The van der Waals surface area contributed by atoms with Crippen LogP contribution in [0.1, 0.15) is 46.5 Å². The Balaban J connectivity index is 2.70. The molecule has 1 atom stereocenters. The van der Waals surface area contributed by atoms with Crippen molar-refractivity contribution in [2.75, 3.05) is 0 Å². The third-order valence-electron chi connectivity index (χ3n) is 3.27. The van der Waals surface area contributed by atoms with E-state index in [2.05, 4.69) is 45.6 Å². The molecule has 0 amide bonds. The minimum Gasteiger partial charge on any atom is -0.0958 e. The van der Waals surface area contributed by atoms with Crippen molar-refractivity contribution in [3.8, 4) is 0 Å². The SMILES string of the molecule is C=C1/C=C\C(C(C)C)CC/C(C)=C\CC1. The Morgan fingerprint density at radius 3 is 2.73 bits per heavy atom. The maximum atomic E-state index is 4.09. The lowest BCUT2D eigenvalue weighted by Crippen LogP contribution is -2.06. The van der Waals surface area contributed by atoms with Crippen LogP contribution in [0.25, 0.3) is 0 Å². The largest absolute Gasteiger partial charge is 0.0958 e. The van der Waals surface area contributed by atoms with E-state index in [-0.39, 0.29) is 0 Å². The fraction of sp³-hybridized carbons (Fsp3) is 0.600. The summed E-state index contributed by atoms with van der Waals surface area (Å²) in [6, 6.07) is 0. The van der Waals surface area contributed by atoms with Gasteiger partial charge in [0.2, 0.25) is 0 Å². The average molecular weight is 204 g/mol. The fourth-order valence-corrected chi connectivity index (χ4v) is 2.00. The second-order valence-electron chi connectivity index (χ2n) is 5.05. The molecule has 0 nitrogen and oxygen atoms in total. The van der Waals surface area contributed by atoms with E-state index in [0.29, 0.717) is 5.92 Å². The molecule has 0 saturated carbocycles. The number of rotatable bonds is 1. The molecule has 0 aliphatic heterocycles. The van der Waals surface area contributed by atoms with Crippen molar-refractivity contribution >= 4 is 0 Å². The Morgan fingerprint density at radius 2 is 2.07 bits per heavy atom. The molecule has 0 saturated heterocycles. The zero-order valence-corrected chi connectivity index (χ0v) is 10.4. The quantitative estimate of drug-likeness (QED) is 0.533. The third kappa shape index (κ3) is 4.51. The first-order valence-corrected chi connectivity index (χ1v) is 6.11. The van der Waals surface area contributed by atoms with Crippen molar-refractivity contribution in [1.29, 1.82) is 0 Å². The summed E-state index contributed by atoms with van der Waals surface area (Å²) in [4.78, 5) is 0. The van der Waals surface area contributed by atoms with Crippen molar-refractivity contribution in [1.82, 2.24) is 0 Å². The van der Waals surface area contributed by atoms with Gasteiger partial charge >= 0.3 is 0 Å². The molecule has 0 N–H and O–H groups in total. The van der Waals surface area contributed by atoms with Gasteiger partial charge in [0.15, 0.2) is 0 Å². The summed E-state index contributed by atoms with van der Waals surface area (Å²) in [6.45, 7) is 11.0. The lowest BCUT2D eigenvalue weighted by Gasteiger charge is -2.18. The molecule has 1 unspecified atom stereocenters. The van der Waals surface area contributed by atoms with E-state index in [1.807, 2.05) is 0 Å². The molecule has 0 spiro atoms. The molecular weight excluding hydrogens is 180 g/mol. The molecule has 1 aliphatic carbocycles. The molecule has 0 aromatic heterocycles. The van der Waals surface area contributed by atoms with Gasteiger partial charge in [0.25, 0.3) is 0 Å². The smallest absolute Gasteiger partial charge is 0.0204 e. The standard InChI is InChI=1S/C15H24/c1-12(2)15-10-8-13(3)6-5-7-14(4)9-11-15/h7-8,10,12,15H,3,5-6,9,11H2,1-2,4H3/b10-8-,14-7-. The molecule has 0 heteroatoms. The Hall–Kier alpha value is -0.780. The van der Waals surface area contributed by atoms with Crippen LogP contribution in [0.3, 0.4) is 0 Å². The Bertz CT molecular complexity index is 266. The van der Waals surface area contributed by atoms with Crippen molar-refractivity contribution in [3.63, 3.8) is 0 Å². The van der Waals surface area contributed by atoms with E-state index in [1.165, 1.54) is 18.4 Å². The molecule has 15 heavy (non-hydrogen) atoms. The first-order valence-electron chi connectivity index (χ1n) is 6.11. The Morgan fingerprint density at radius 1 is 1.33 bits per heavy atom. The minimum absolute atomic E-state index is 0.711. The predicted molar refractivity (Wildman–Crippen MR) is 68.8 cm³/mol. The van der Waals surface area contributed by atoms with Crippen LogP contribution in [0.5, 0.6) is 0 Å². The fourth-order valence-electron chi connectivity index (χ4n) is 2.00. The van der Waals surface area contributed by atoms with Crippen LogP contribution in [0.2, 0.25) is 0 Å². The Kier molecular flexibility index (Phi) is 4.87. The van der Waals surface area contributed by atoms with Crippen LogP contribution >= 0.6 is 0 Å². The van der Waals surface area contributed by atoms with Gasteiger partial charge in [0.1, 0.15) is 0 Å². The highest BCUT2D eigenvalue weighted by Crippen LogP contribution is 2.24. The summed E-state index contributed by atoms with van der Waals surface area (Å²) in [5, 5.41) is 0. The topological polar surface area (TPSA) is 0 Å². The van der Waals surface area contributed by atoms with Crippen LogP contribution in [-0.2, 0) is 0 Å². The first-order chi connectivity index (χ1) is 7.09. The van der Waals surface area contributed by atoms with Crippen molar-refractivity contribution in [2.24, 2.45) is 11.8 Å². The van der Waals surface area contributed by atoms with Gasteiger partial charge in [0, 0.05) is 0 Å². The summed E-state index contributed by atoms with van der Waals surface area (Å²) in [5.74, 6) is 1.45. The highest BCUT2D eigenvalue weighted by atomic mass is 14.2. The minimum atomic E-state index is 0.711. The molecule has 0 bridgehead atoms. The number of hydrogen-bond acceptors (Lipinski definition) is 0. The zero-order valence-electron chi connectivity index (χ0n) is 10.4. The molecule has 0 radical (unpaired) electrons. The number of allylic oxidation sites excluding steroid dienone is 5. The molecule has 0 aromatic rings. The van der Waals surface area contributed by atoms with Gasteiger partial charge in [-0.05, 0) is 44.4 Å². The zero-order chi connectivity index (χ0) is 11.3. The summed E-state index contributed by atoms with van der Waals surface area (Å²) >= 11 is 0. The van der Waals surface area contributed by atoms with Crippen molar-refractivity contribution < 1.29 is 0 Å². The highest BCUT2D eigenvalue weighted by molar-refractivity contribution is 5.17. The second kappa shape index (κ2) is 5.95. The van der Waals surface area contributed by atoms with E-state index in [9.17, 15) is 0 Å². The van der Waals surface area contributed by atoms with Gasteiger partial charge in [0.05, 0.1) is 0 Å². The van der Waals surface area contributed by atoms with Gasteiger partial charge in [-0.1, -0.05) is 49.8 Å². The van der Waals surface area contributed by atoms with Gasteiger partial charge < -0.3 is 0 Å². The highest BCUT2D eigenvalue weighted by Gasteiger charge is 2.10. The lowest BCUT2D eigenvalue weighted by molar-refractivity contribution is 0.435. The predicted octanol–water partition coefficient (Wildman–Crippen LogP) is 4.89. The van der Waals surface area contributed by atoms with Crippen LogP contribution in [0.4, 0.5) is 0 Å². The third-order valence-corrected chi connectivity index (χ3v) is 3.27. The van der Waals surface area contributed by atoms with Gasteiger partial charge in [-0.25, -0.2) is 0 Å². The molecule has 0 fully saturated rings.